The van der Waals surface area contributed by atoms with Crippen LogP contribution in [0.1, 0.15) is 34.6 Å². The Labute approximate surface area is 179 Å². The van der Waals surface area contributed by atoms with E-state index in [0.717, 1.165) is 6.07 Å². The van der Waals surface area contributed by atoms with E-state index in [4.69, 9.17) is 16.3 Å². The third-order valence-corrected chi connectivity index (χ3v) is 5.25. The molecule has 0 aromatic heterocycles. The maximum atomic E-state index is 13.2. The van der Waals surface area contributed by atoms with Gasteiger partial charge in [0.05, 0.1) is 10.6 Å². The average molecular weight is 433 g/mol. The summed E-state index contributed by atoms with van der Waals surface area (Å²) in [4.78, 5) is 40.1. The minimum absolute atomic E-state index is 0.0633. The van der Waals surface area contributed by atoms with E-state index in [2.05, 4.69) is 0 Å². The molecule has 3 rings (SSSR count). The predicted octanol–water partition coefficient (Wildman–Crippen LogP) is 3.43. The molecule has 1 heterocycles. The SMILES string of the molecule is CC(=O)c1cccc(OC(C)C(=O)N2CCN(C(=O)c3ccc(F)cc3Cl)CC2)c1. The fourth-order valence-corrected chi connectivity index (χ4v) is 3.51. The lowest BCUT2D eigenvalue weighted by molar-refractivity contribution is -0.139. The summed E-state index contributed by atoms with van der Waals surface area (Å²) in [6.07, 6.45) is -0.735. The summed E-state index contributed by atoms with van der Waals surface area (Å²) in [5, 5.41) is 0.0633. The first-order valence-electron chi connectivity index (χ1n) is 9.57. The lowest BCUT2D eigenvalue weighted by Gasteiger charge is -2.36. The minimum atomic E-state index is -0.735. The number of halogens is 2. The number of ether oxygens (including phenoxy) is 1. The summed E-state index contributed by atoms with van der Waals surface area (Å²) in [6.45, 7) is 4.50. The van der Waals surface area contributed by atoms with E-state index >= 15 is 0 Å². The first-order chi connectivity index (χ1) is 14.3. The van der Waals surface area contributed by atoms with Gasteiger partial charge in [0, 0.05) is 31.7 Å². The molecule has 1 aliphatic rings. The number of rotatable bonds is 5. The normalized spacial score (nSPS) is 14.9. The van der Waals surface area contributed by atoms with Crippen LogP contribution < -0.4 is 4.74 Å². The Morgan fingerprint density at radius 2 is 1.70 bits per heavy atom. The van der Waals surface area contributed by atoms with Gasteiger partial charge in [0.15, 0.2) is 11.9 Å². The molecule has 1 fully saturated rings. The van der Waals surface area contributed by atoms with E-state index in [1.807, 2.05) is 0 Å². The molecular weight excluding hydrogens is 411 g/mol. The van der Waals surface area contributed by atoms with Gasteiger partial charge in [-0.15, -0.1) is 0 Å². The van der Waals surface area contributed by atoms with Gasteiger partial charge in [0.2, 0.25) is 0 Å². The topological polar surface area (TPSA) is 66.9 Å². The standard InChI is InChI=1S/C22H22ClFN2O4/c1-14(27)16-4-3-5-18(12-16)30-15(2)21(28)25-8-10-26(11-9-25)22(29)19-7-6-17(24)13-20(19)23/h3-7,12-13,15H,8-11H2,1-2H3. The highest BCUT2D eigenvalue weighted by Crippen LogP contribution is 2.21. The summed E-state index contributed by atoms with van der Waals surface area (Å²) in [6, 6.07) is 10.4. The molecule has 0 N–H and O–H groups in total. The molecule has 2 aromatic carbocycles. The Kier molecular flexibility index (Phi) is 6.72. The number of benzene rings is 2. The number of nitrogens with zero attached hydrogens (tertiary/aromatic N) is 2. The summed E-state index contributed by atoms with van der Waals surface area (Å²) in [7, 11) is 0. The van der Waals surface area contributed by atoms with E-state index in [-0.39, 0.29) is 28.2 Å². The number of amides is 2. The Balaban J connectivity index is 1.57. The number of ketones is 1. The third-order valence-electron chi connectivity index (χ3n) is 4.94. The Morgan fingerprint density at radius 1 is 1.03 bits per heavy atom. The zero-order valence-corrected chi connectivity index (χ0v) is 17.5. The highest BCUT2D eigenvalue weighted by molar-refractivity contribution is 6.33. The smallest absolute Gasteiger partial charge is 0.263 e. The van der Waals surface area contributed by atoms with Gasteiger partial charge < -0.3 is 14.5 Å². The third kappa shape index (κ3) is 4.97. The lowest BCUT2D eigenvalue weighted by atomic mass is 10.1. The molecule has 0 saturated carbocycles. The van der Waals surface area contributed by atoms with Crippen LogP contribution in [-0.4, -0.2) is 59.7 Å². The van der Waals surface area contributed by atoms with Crippen molar-refractivity contribution in [2.45, 2.75) is 20.0 Å². The van der Waals surface area contributed by atoms with Crippen molar-refractivity contribution in [2.24, 2.45) is 0 Å². The molecule has 0 radical (unpaired) electrons. The van der Waals surface area contributed by atoms with Gasteiger partial charge in [-0.2, -0.15) is 0 Å². The fraction of sp³-hybridized carbons (Fsp3) is 0.318. The van der Waals surface area contributed by atoms with Gasteiger partial charge in [0.1, 0.15) is 11.6 Å². The molecule has 0 aliphatic carbocycles. The maximum Gasteiger partial charge on any atom is 0.263 e. The first-order valence-corrected chi connectivity index (χ1v) is 9.95. The van der Waals surface area contributed by atoms with Crippen LogP contribution in [0.2, 0.25) is 5.02 Å². The van der Waals surface area contributed by atoms with Crippen LogP contribution in [0.4, 0.5) is 4.39 Å². The predicted molar refractivity (Wildman–Crippen MR) is 110 cm³/mol. The highest BCUT2D eigenvalue weighted by Gasteiger charge is 2.29. The highest BCUT2D eigenvalue weighted by atomic mass is 35.5. The summed E-state index contributed by atoms with van der Waals surface area (Å²) < 4.78 is 18.9. The maximum absolute atomic E-state index is 13.2. The number of hydrogen-bond donors (Lipinski definition) is 0. The van der Waals surface area contributed by atoms with Gasteiger partial charge in [-0.25, -0.2) is 4.39 Å². The van der Waals surface area contributed by atoms with Crippen LogP contribution in [0.5, 0.6) is 5.75 Å². The van der Waals surface area contributed by atoms with Crippen molar-refractivity contribution in [1.29, 1.82) is 0 Å². The Hall–Kier alpha value is -2.93. The van der Waals surface area contributed by atoms with Gasteiger partial charge in [-0.05, 0) is 44.2 Å². The second-order valence-corrected chi connectivity index (χ2v) is 7.49. The van der Waals surface area contributed by atoms with Gasteiger partial charge in [-0.1, -0.05) is 23.7 Å². The number of Topliss-reactive ketones (excluding diaryl/α,β-unsaturated/α-hetero) is 1. The molecule has 1 saturated heterocycles. The largest absolute Gasteiger partial charge is 0.481 e. The summed E-state index contributed by atoms with van der Waals surface area (Å²) >= 11 is 5.98. The van der Waals surface area contributed by atoms with Crippen molar-refractivity contribution in [3.8, 4) is 5.75 Å². The number of piperazine rings is 1. The second kappa shape index (κ2) is 9.26. The van der Waals surface area contributed by atoms with Crippen LogP contribution in [0.3, 0.4) is 0 Å². The zero-order valence-electron chi connectivity index (χ0n) is 16.7. The first kappa shape index (κ1) is 21.8. The monoisotopic (exact) mass is 432 g/mol. The van der Waals surface area contributed by atoms with Gasteiger partial charge in [0.25, 0.3) is 11.8 Å². The molecule has 2 aromatic rings. The fourth-order valence-electron chi connectivity index (χ4n) is 3.26. The summed E-state index contributed by atoms with van der Waals surface area (Å²) in [5.74, 6) is -0.632. The van der Waals surface area contributed by atoms with Crippen molar-refractivity contribution >= 4 is 29.2 Å². The average Bonchev–Trinajstić information content (AvgIpc) is 2.73. The van der Waals surface area contributed by atoms with Gasteiger partial charge in [-0.3, -0.25) is 14.4 Å². The van der Waals surface area contributed by atoms with Crippen LogP contribution in [0.15, 0.2) is 42.5 Å². The van der Waals surface area contributed by atoms with E-state index in [0.29, 0.717) is 37.5 Å². The van der Waals surface area contributed by atoms with Crippen molar-refractivity contribution in [1.82, 2.24) is 9.80 Å². The number of carbonyl (C=O) groups excluding carboxylic acids is 3. The molecule has 1 atom stereocenters. The van der Waals surface area contributed by atoms with Crippen LogP contribution in [0, 0.1) is 5.82 Å². The van der Waals surface area contributed by atoms with E-state index < -0.39 is 11.9 Å². The van der Waals surface area contributed by atoms with Crippen LogP contribution in [-0.2, 0) is 4.79 Å². The Morgan fingerprint density at radius 3 is 2.33 bits per heavy atom. The Bertz CT molecular complexity index is 973. The van der Waals surface area contributed by atoms with Crippen molar-refractivity contribution in [3.05, 3.63) is 64.4 Å². The van der Waals surface area contributed by atoms with Crippen LogP contribution in [0.25, 0.3) is 0 Å². The molecule has 1 unspecified atom stereocenters. The van der Waals surface area contributed by atoms with Crippen molar-refractivity contribution in [2.75, 3.05) is 26.2 Å². The van der Waals surface area contributed by atoms with Crippen LogP contribution >= 0.6 is 11.6 Å². The van der Waals surface area contributed by atoms with E-state index in [1.54, 1.807) is 41.0 Å². The van der Waals surface area contributed by atoms with E-state index in [9.17, 15) is 18.8 Å². The van der Waals surface area contributed by atoms with Crippen molar-refractivity contribution < 1.29 is 23.5 Å². The number of carbonyl (C=O) groups is 3. The van der Waals surface area contributed by atoms with Crippen molar-refractivity contribution in [3.63, 3.8) is 0 Å². The zero-order chi connectivity index (χ0) is 21.8. The summed E-state index contributed by atoms with van der Waals surface area (Å²) in [5.41, 5.74) is 0.749. The number of hydrogen-bond acceptors (Lipinski definition) is 4. The molecule has 1 aliphatic heterocycles. The molecule has 2 amide bonds. The minimum Gasteiger partial charge on any atom is -0.481 e. The molecular formula is C22H22ClFN2O4. The van der Waals surface area contributed by atoms with E-state index in [1.165, 1.54) is 19.1 Å². The molecule has 0 spiro atoms. The quantitative estimate of drug-likeness (QED) is 0.679. The molecule has 30 heavy (non-hydrogen) atoms. The second-order valence-electron chi connectivity index (χ2n) is 7.09. The lowest BCUT2D eigenvalue weighted by Crippen LogP contribution is -2.53. The molecule has 8 heteroatoms. The van der Waals surface area contributed by atoms with Gasteiger partial charge >= 0.3 is 0 Å². The molecule has 0 bridgehead atoms. The molecule has 158 valence electrons. The molecule has 6 nitrogen and oxygen atoms in total.